The van der Waals surface area contributed by atoms with E-state index in [1.165, 1.54) is 4.57 Å². The Morgan fingerprint density at radius 3 is 2.68 bits per heavy atom. The van der Waals surface area contributed by atoms with E-state index in [9.17, 15) is 9.59 Å². The molecule has 1 aromatic heterocycles. The number of aromatic nitrogens is 1. The van der Waals surface area contributed by atoms with Gasteiger partial charge in [0.15, 0.2) is 5.78 Å². The molecule has 0 spiro atoms. The van der Waals surface area contributed by atoms with Crippen LogP contribution >= 0.6 is 15.9 Å². The smallest absolute Gasteiger partial charge is 0.265 e. The Hall–Kier alpha value is -1.68. The molecule has 0 aliphatic heterocycles. The Balaban J connectivity index is 2.31. The highest BCUT2D eigenvalue weighted by atomic mass is 79.9. The Bertz CT molecular complexity index is 689. The normalized spacial score (nSPS) is 10.5. The van der Waals surface area contributed by atoms with Crippen molar-refractivity contribution in [2.75, 3.05) is 0 Å². The van der Waals surface area contributed by atoms with E-state index >= 15 is 0 Å². The number of pyridine rings is 1. The Morgan fingerprint density at radius 1 is 1.26 bits per heavy atom. The van der Waals surface area contributed by atoms with Crippen LogP contribution in [0.5, 0.6) is 0 Å². The van der Waals surface area contributed by atoms with Crippen molar-refractivity contribution < 1.29 is 4.79 Å². The molecule has 0 N–H and O–H groups in total. The predicted molar refractivity (Wildman–Crippen MR) is 78.6 cm³/mol. The summed E-state index contributed by atoms with van der Waals surface area (Å²) in [6, 6.07) is 9.10. The number of hydrogen-bond acceptors (Lipinski definition) is 2. The van der Waals surface area contributed by atoms with Gasteiger partial charge in [-0.1, -0.05) is 23.8 Å². The van der Waals surface area contributed by atoms with E-state index in [1.807, 2.05) is 32.0 Å². The zero-order valence-electron chi connectivity index (χ0n) is 10.8. The number of aryl methyl sites for hydroxylation is 2. The van der Waals surface area contributed by atoms with Crippen LogP contribution in [0.25, 0.3) is 0 Å². The van der Waals surface area contributed by atoms with Crippen LogP contribution in [-0.4, -0.2) is 10.4 Å². The molecular formula is C15H14BrNO2. The monoisotopic (exact) mass is 319 g/mol. The minimum absolute atomic E-state index is 0.0577. The summed E-state index contributed by atoms with van der Waals surface area (Å²) in [6.07, 6.45) is 1.62. The maximum atomic E-state index is 12.2. The van der Waals surface area contributed by atoms with Crippen molar-refractivity contribution in [1.29, 1.82) is 0 Å². The van der Waals surface area contributed by atoms with Gasteiger partial charge in [0.05, 0.1) is 11.0 Å². The third-order valence-electron chi connectivity index (χ3n) is 2.97. The lowest BCUT2D eigenvalue weighted by atomic mass is 10.0. The second kappa shape index (κ2) is 5.53. The van der Waals surface area contributed by atoms with Crippen LogP contribution < -0.4 is 5.56 Å². The van der Waals surface area contributed by atoms with Gasteiger partial charge in [0, 0.05) is 11.8 Å². The van der Waals surface area contributed by atoms with Gasteiger partial charge in [0.1, 0.15) is 0 Å². The SMILES string of the molecule is Cc1ccc(C(=O)Cn2cccc(Br)c2=O)c(C)c1. The summed E-state index contributed by atoms with van der Waals surface area (Å²) < 4.78 is 1.87. The fourth-order valence-corrected chi connectivity index (χ4v) is 2.38. The number of carbonyl (C=O) groups excluding carboxylic acids is 1. The molecule has 1 heterocycles. The van der Waals surface area contributed by atoms with Crippen LogP contribution in [-0.2, 0) is 6.54 Å². The topological polar surface area (TPSA) is 39.1 Å². The number of nitrogens with zero attached hydrogens (tertiary/aromatic N) is 1. The molecule has 2 aromatic rings. The molecule has 0 unspecified atom stereocenters. The van der Waals surface area contributed by atoms with Crippen LogP contribution in [0, 0.1) is 13.8 Å². The molecule has 0 amide bonds. The Kier molecular flexibility index (Phi) is 4.00. The van der Waals surface area contributed by atoms with Crippen LogP contribution in [0.4, 0.5) is 0 Å². The van der Waals surface area contributed by atoms with E-state index in [0.717, 1.165) is 11.1 Å². The summed E-state index contributed by atoms with van der Waals surface area (Å²) in [5, 5.41) is 0. The zero-order valence-corrected chi connectivity index (χ0v) is 12.4. The summed E-state index contributed by atoms with van der Waals surface area (Å²) in [4.78, 5) is 24.1. The Morgan fingerprint density at radius 2 is 2.00 bits per heavy atom. The van der Waals surface area contributed by atoms with Crippen molar-refractivity contribution in [2.45, 2.75) is 20.4 Å². The van der Waals surface area contributed by atoms with Crippen LogP contribution in [0.3, 0.4) is 0 Å². The number of Topliss-reactive ketones (excluding diaryl/α,β-unsaturated/α-hetero) is 1. The number of rotatable bonds is 3. The number of carbonyl (C=O) groups is 1. The zero-order chi connectivity index (χ0) is 14.0. The first-order valence-corrected chi connectivity index (χ1v) is 6.74. The molecule has 4 heteroatoms. The summed E-state index contributed by atoms with van der Waals surface area (Å²) in [5.41, 5.74) is 2.53. The van der Waals surface area contributed by atoms with Gasteiger partial charge >= 0.3 is 0 Å². The van der Waals surface area contributed by atoms with Gasteiger partial charge in [-0.25, -0.2) is 0 Å². The first-order chi connectivity index (χ1) is 8.99. The molecule has 0 fully saturated rings. The molecule has 0 radical (unpaired) electrons. The second-order valence-electron chi connectivity index (χ2n) is 4.53. The molecule has 1 aromatic carbocycles. The van der Waals surface area contributed by atoms with Gasteiger partial charge < -0.3 is 4.57 Å². The van der Waals surface area contributed by atoms with Crippen LogP contribution in [0.2, 0.25) is 0 Å². The van der Waals surface area contributed by atoms with E-state index in [1.54, 1.807) is 18.3 Å². The quantitative estimate of drug-likeness (QED) is 0.815. The van der Waals surface area contributed by atoms with Gasteiger partial charge in [-0.05, 0) is 47.5 Å². The fraction of sp³-hybridized carbons (Fsp3) is 0.200. The maximum absolute atomic E-state index is 12.2. The third kappa shape index (κ3) is 3.01. The number of hydrogen-bond donors (Lipinski definition) is 0. The van der Waals surface area contributed by atoms with E-state index < -0.39 is 0 Å². The molecule has 0 aliphatic rings. The van der Waals surface area contributed by atoms with Crippen molar-refractivity contribution in [3.05, 3.63) is 68.0 Å². The summed E-state index contributed by atoms with van der Waals surface area (Å²) >= 11 is 3.17. The molecule has 0 saturated heterocycles. The van der Waals surface area contributed by atoms with Gasteiger partial charge in [0.25, 0.3) is 5.56 Å². The highest BCUT2D eigenvalue weighted by molar-refractivity contribution is 9.10. The second-order valence-corrected chi connectivity index (χ2v) is 5.39. The van der Waals surface area contributed by atoms with Crippen molar-refractivity contribution in [1.82, 2.24) is 4.57 Å². The standard InChI is InChI=1S/C15H14BrNO2/c1-10-5-6-12(11(2)8-10)14(18)9-17-7-3-4-13(16)15(17)19/h3-8H,9H2,1-2H3. The van der Waals surface area contributed by atoms with Gasteiger partial charge in [-0.15, -0.1) is 0 Å². The van der Waals surface area contributed by atoms with E-state index in [-0.39, 0.29) is 17.9 Å². The average molecular weight is 320 g/mol. The van der Waals surface area contributed by atoms with Crippen molar-refractivity contribution in [2.24, 2.45) is 0 Å². The largest absolute Gasteiger partial charge is 0.307 e. The molecule has 3 nitrogen and oxygen atoms in total. The van der Waals surface area contributed by atoms with Gasteiger partial charge in [-0.3, -0.25) is 9.59 Å². The number of benzene rings is 1. The molecule has 0 aliphatic carbocycles. The third-order valence-corrected chi connectivity index (χ3v) is 3.57. The average Bonchev–Trinajstić information content (AvgIpc) is 2.34. The maximum Gasteiger partial charge on any atom is 0.265 e. The van der Waals surface area contributed by atoms with Crippen LogP contribution in [0.1, 0.15) is 21.5 Å². The lowest BCUT2D eigenvalue weighted by Crippen LogP contribution is -2.24. The highest BCUT2D eigenvalue weighted by Crippen LogP contribution is 2.12. The van der Waals surface area contributed by atoms with Gasteiger partial charge in [-0.2, -0.15) is 0 Å². The number of ketones is 1. The summed E-state index contributed by atoms with van der Waals surface area (Å²) in [6.45, 7) is 3.95. The van der Waals surface area contributed by atoms with Crippen molar-refractivity contribution >= 4 is 21.7 Å². The van der Waals surface area contributed by atoms with E-state index in [2.05, 4.69) is 15.9 Å². The first kappa shape index (κ1) is 13.7. The highest BCUT2D eigenvalue weighted by Gasteiger charge is 2.11. The molecule has 0 bridgehead atoms. The minimum Gasteiger partial charge on any atom is -0.307 e. The van der Waals surface area contributed by atoms with Crippen LogP contribution in [0.15, 0.2) is 45.8 Å². The summed E-state index contributed by atoms with van der Waals surface area (Å²) in [7, 11) is 0. The molecule has 98 valence electrons. The van der Waals surface area contributed by atoms with Crippen molar-refractivity contribution in [3.8, 4) is 0 Å². The molecule has 2 rings (SSSR count). The fourth-order valence-electron chi connectivity index (χ4n) is 2.00. The lowest BCUT2D eigenvalue weighted by molar-refractivity contribution is 0.0970. The molecular weight excluding hydrogens is 306 g/mol. The molecule has 19 heavy (non-hydrogen) atoms. The molecule has 0 atom stereocenters. The first-order valence-electron chi connectivity index (χ1n) is 5.94. The predicted octanol–water partition coefficient (Wildman–Crippen LogP) is 3.11. The Labute approximate surface area is 120 Å². The van der Waals surface area contributed by atoms with Crippen molar-refractivity contribution in [3.63, 3.8) is 0 Å². The van der Waals surface area contributed by atoms with Gasteiger partial charge in [0.2, 0.25) is 0 Å². The lowest BCUT2D eigenvalue weighted by Gasteiger charge is -2.08. The minimum atomic E-state index is -0.194. The molecule has 0 saturated carbocycles. The summed E-state index contributed by atoms with van der Waals surface area (Å²) in [5.74, 6) is -0.0577. The number of halogens is 1. The van der Waals surface area contributed by atoms with E-state index in [4.69, 9.17) is 0 Å². The van der Waals surface area contributed by atoms with E-state index in [0.29, 0.717) is 10.0 Å².